The lowest BCUT2D eigenvalue weighted by atomic mass is 10.1. The van der Waals surface area contributed by atoms with Crippen molar-refractivity contribution in [1.82, 2.24) is 14.8 Å². The maximum atomic E-state index is 12.5. The zero-order valence-electron chi connectivity index (χ0n) is 16.1. The lowest BCUT2D eigenvalue weighted by Crippen LogP contribution is -2.16. The number of anilines is 1. The van der Waals surface area contributed by atoms with Crippen LogP contribution in [0.1, 0.15) is 11.1 Å². The van der Waals surface area contributed by atoms with Gasteiger partial charge in [-0.15, -0.1) is 22.0 Å². The molecule has 0 unspecified atom stereocenters. The van der Waals surface area contributed by atoms with E-state index in [-0.39, 0.29) is 17.4 Å². The van der Waals surface area contributed by atoms with Gasteiger partial charge >= 0.3 is 0 Å². The quantitative estimate of drug-likeness (QED) is 0.535. The minimum absolute atomic E-state index is 0.153. The molecule has 0 bridgehead atoms. The maximum absolute atomic E-state index is 12.5. The lowest BCUT2D eigenvalue weighted by molar-refractivity contribution is -0.115. The van der Waals surface area contributed by atoms with Gasteiger partial charge in [-0.1, -0.05) is 30.0 Å². The molecular formula is C20H21N5O2S2. The third kappa shape index (κ3) is 5.61. The molecule has 0 fully saturated rings. The number of thioether (sulfide) groups is 2. The van der Waals surface area contributed by atoms with E-state index in [9.17, 15) is 9.59 Å². The van der Waals surface area contributed by atoms with E-state index in [0.717, 1.165) is 10.6 Å². The lowest BCUT2D eigenvalue weighted by Gasteiger charge is -2.11. The number of aromatic nitrogens is 3. The summed E-state index contributed by atoms with van der Waals surface area (Å²) in [6.45, 7) is 4.11. The number of rotatable bonds is 8. The van der Waals surface area contributed by atoms with E-state index in [4.69, 9.17) is 5.73 Å². The normalized spacial score (nSPS) is 10.7. The van der Waals surface area contributed by atoms with Crippen LogP contribution in [0.5, 0.6) is 0 Å². The van der Waals surface area contributed by atoms with Crippen molar-refractivity contribution >= 4 is 41.0 Å². The molecule has 9 heteroatoms. The molecule has 3 aromatic rings. The molecular weight excluding hydrogens is 406 g/mol. The Hall–Kier alpha value is -2.78. The first-order valence-corrected chi connectivity index (χ1v) is 10.8. The van der Waals surface area contributed by atoms with E-state index in [0.29, 0.717) is 10.8 Å². The summed E-state index contributed by atoms with van der Waals surface area (Å²) in [7, 11) is 0. The fourth-order valence-corrected chi connectivity index (χ4v) is 4.01. The second-order valence-electron chi connectivity index (χ2n) is 6.34. The molecule has 0 aliphatic carbocycles. The summed E-state index contributed by atoms with van der Waals surface area (Å²) in [4.78, 5) is 24.3. The first-order chi connectivity index (χ1) is 13.9. The molecule has 0 saturated heterocycles. The van der Waals surface area contributed by atoms with Crippen LogP contribution in [0.4, 0.5) is 5.69 Å². The number of benzene rings is 2. The molecule has 0 radical (unpaired) electrons. The predicted molar refractivity (Wildman–Crippen MR) is 117 cm³/mol. The molecule has 2 amide bonds. The van der Waals surface area contributed by atoms with E-state index in [1.807, 2.05) is 34.9 Å². The molecule has 0 spiro atoms. The van der Waals surface area contributed by atoms with E-state index in [2.05, 4.69) is 35.4 Å². The van der Waals surface area contributed by atoms with Gasteiger partial charge in [-0.25, -0.2) is 0 Å². The SMILES string of the molecule is Cc1ccc(-n2cnnc2SCC(=O)Nc2ccccc2SCC(N)=O)cc1C. The number of nitrogens with two attached hydrogens (primary N) is 1. The molecule has 3 rings (SSSR count). The highest BCUT2D eigenvalue weighted by Gasteiger charge is 2.12. The molecule has 7 nitrogen and oxygen atoms in total. The highest BCUT2D eigenvalue weighted by molar-refractivity contribution is 8.00. The highest BCUT2D eigenvalue weighted by atomic mass is 32.2. The first-order valence-electron chi connectivity index (χ1n) is 8.84. The van der Waals surface area contributed by atoms with Crippen molar-refractivity contribution in [1.29, 1.82) is 0 Å². The minimum atomic E-state index is -0.405. The number of nitrogens with one attached hydrogen (secondary N) is 1. The molecule has 1 aromatic heterocycles. The molecule has 1 heterocycles. The van der Waals surface area contributed by atoms with Gasteiger partial charge in [0.15, 0.2) is 5.16 Å². The van der Waals surface area contributed by atoms with Crippen LogP contribution in [0, 0.1) is 13.8 Å². The standard InChI is InChI=1S/C20H21N5O2S2/c1-13-7-8-15(9-14(13)2)25-12-22-24-20(25)29-11-19(27)23-16-5-3-4-6-17(16)28-10-18(21)26/h3-9,12H,10-11H2,1-2H3,(H2,21,26)(H,23,27). The molecule has 2 aromatic carbocycles. The van der Waals surface area contributed by atoms with Gasteiger partial charge in [-0.05, 0) is 49.2 Å². The number of amides is 2. The van der Waals surface area contributed by atoms with Crippen molar-refractivity contribution in [2.24, 2.45) is 5.73 Å². The van der Waals surface area contributed by atoms with Crippen LogP contribution in [0.3, 0.4) is 0 Å². The Kier molecular flexibility index (Phi) is 6.95. The fourth-order valence-electron chi connectivity index (χ4n) is 2.54. The van der Waals surface area contributed by atoms with Gasteiger partial charge < -0.3 is 11.1 Å². The summed E-state index contributed by atoms with van der Waals surface area (Å²) >= 11 is 2.60. The summed E-state index contributed by atoms with van der Waals surface area (Å²) < 4.78 is 1.86. The van der Waals surface area contributed by atoms with Crippen LogP contribution in [0.2, 0.25) is 0 Å². The van der Waals surface area contributed by atoms with Gasteiger partial charge in [0.25, 0.3) is 0 Å². The van der Waals surface area contributed by atoms with Crippen molar-refractivity contribution in [3.05, 3.63) is 59.9 Å². The van der Waals surface area contributed by atoms with E-state index >= 15 is 0 Å². The molecule has 0 aliphatic rings. The molecule has 29 heavy (non-hydrogen) atoms. The summed E-state index contributed by atoms with van der Waals surface area (Å²) in [5.74, 6) is -0.242. The smallest absolute Gasteiger partial charge is 0.234 e. The predicted octanol–water partition coefficient (Wildman–Crippen LogP) is 3.19. The van der Waals surface area contributed by atoms with Gasteiger partial charge in [0, 0.05) is 10.6 Å². The minimum Gasteiger partial charge on any atom is -0.369 e. The maximum Gasteiger partial charge on any atom is 0.234 e. The van der Waals surface area contributed by atoms with Crippen LogP contribution in [-0.2, 0) is 9.59 Å². The third-order valence-corrected chi connectivity index (χ3v) is 6.19. The Balaban J connectivity index is 1.65. The van der Waals surface area contributed by atoms with Crippen LogP contribution in [0.25, 0.3) is 5.69 Å². The molecule has 3 N–H and O–H groups in total. The number of hydrogen-bond donors (Lipinski definition) is 2. The number of nitrogens with zero attached hydrogens (tertiary/aromatic N) is 3. The largest absolute Gasteiger partial charge is 0.369 e. The number of primary amides is 1. The van der Waals surface area contributed by atoms with Crippen LogP contribution in [-0.4, -0.2) is 38.1 Å². The number of aryl methyl sites for hydroxylation is 2. The number of hydrogen-bond acceptors (Lipinski definition) is 6. The average molecular weight is 428 g/mol. The molecule has 0 aliphatic heterocycles. The van der Waals surface area contributed by atoms with Crippen LogP contribution >= 0.6 is 23.5 Å². The van der Waals surface area contributed by atoms with Crippen LogP contribution < -0.4 is 11.1 Å². The number of carbonyl (C=O) groups excluding carboxylic acids is 2. The molecule has 0 atom stereocenters. The number of para-hydroxylation sites is 1. The average Bonchev–Trinajstić information content (AvgIpc) is 3.16. The van der Waals surface area contributed by atoms with Crippen molar-refractivity contribution < 1.29 is 9.59 Å². The summed E-state index contributed by atoms with van der Waals surface area (Å²) in [5.41, 5.74) is 9.20. The van der Waals surface area contributed by atoms with Crippen LogP contribution in [0.15, 0.2) is 58.8 Å². The Labute approximate surface area is 177 Å². The second-order valence-corrected chi connectivity index (χ2v) is 8.30. The molecule has 150 valence electrons. The van der Waals surface area contributed by atoms with Crippen molar-refractivity contribution in [2.45, 2.75) is 23.9 Å². The topological polar surface area (TPSA) is 103 Å². The monoisotopic (exact) mass is 427 g/mol. The van der Waals surface area contributed by atoms with E-state index in [1.165, 1.54) is 34.7 Å². The summed E-state index contributed by atoms with van der Waals surface area (Å²) in [5, 5.41) is 11.6. The van der Waals surface area contributed by atoms with Gasteiger partial charge in [-0.3, -0.25) is 14.2 Å². The zero-order valence-corrected chi connectivity index (χ0v) is 17.7. The van der Waals surface area contributed by atoms with Gasteiger partial charge in [-0.2, -0.15) is 0 Å². The first kappa shape index (κ1) is 20.9. The summed E-state index contributed by atoms with van der Waals surface area (Å²) in [6, 6.07) is 13.4. The van der Waals surface area contributed by atoms with Gasteiger partial charge in [0.2, 0.25) is 11.8 Å². The highest BCUT2D eigenvalue weighted by Crippen LogP contribution is 2.27. The summed E-state index contributed by atoms with van der Waals surface area (Å²) in [6.07, 6.45) is 1.64. The third-order valence-electron chi connectivity index (χ3n) is 4.15. The second kappa shape index (κ2) is 9.62. The Morgan fingerprint density at radius 1 is 1.07 bits per heavy atom. The van der Waals surface area contributed by atoms with E-state index in [1.54, 1.807) is 12.4 Å². The van der Waals surface area contributed by atoms with Gasteiger partial charge in [0.1, 0.15) is 6.33 Å². The fraction of sp³-hybridized carbons (Fsp3) is 0.200. The van der Waals surface area contributed by atoms with E-state index < -0.39 is 5.91 Å². The van der Waals surface area contributed by atoms with Crippen molar-refractivity contribution in [3.63, 3.8) is 0 Å². The Bertz CT molecular complexity index is 1040. The molecule has 0 saturated carbocycles. The van der Waals surface area contributed by atoms with Crippen molar-refractivity contribution in [3.8, 4) is 5.69 Å². The zero-order chi connectivity index (χ0) is 20.8. The Morgan fingerprint density at radius 2 is 1.86 bits per heavy atom. The van der Waals surface area contributed by atoms with Gasteiger partial charge in [0.05, 0.1) is 17.2 Å². The van der Waals surface area contributed by atoms with Crippen molar-refractivity contribution in [2.75, 3.05) is 16.8 Å². The Morgan fingerprint density at radius 3 is 2.62 bits per heavy atom. The number of carbonyl (C=O) groups is 2.